The number of carbonyl (C=O) groups is 1. The van der Waals surface area contributed by atoms with Crippen LogP contribution in [0.3, 0.4) is 0 Å². The quantitative estimate of drug-likeness (QED) is 0.880. The average Bonchev–Trinajstić information content (AvgIpc) is 2.97. The van der Waals surface area contributed by atoms with E-state index in [1.807, 2.05) is 0 Å². The Morgan fingerprint density at radius 2 is 2.06 bits per heavy atom. The van der Waals surface area contributed by atoms with Crippen LogP contribution in [-0.4, -0.2) is 21.5 Å². The lowest BCUT2D eigenvalue weighted by atomic mass is 10.4. The van der Waals surface area contributed by atoms with Crippen LogP contribution in [-0.2, 0) is 14.8 Å². The van der Waals surface area contributed by atoms with Gasteiger partial charge < -0.3 is 4.74 Å². The lowest BCUT2D eigenvalue weighted by Crippen LogP contribution is -2.13. The van der Waals surface area contributed by atoms with Crippen LogP contribution in [0.2, 0.25) is 0 Å². The molecule has 5 nitrogen and oxygen atoms in total. The molecule has 8 heteroatoms. The van der Waals surface area contributed by atoms with Crippen molar-refractivity contribution in [3.63, 3.8) is 0 Å². The summed E-state index contributed by atoms with van der Waals surface area (Å²) in [7, 11) is -2.39. The first-order valence-electron chi connectivity index (χ1n) is 4.77. The van der Waals surface area contributed by atoms with Crippen molar-refractivity contribution >= 4 is 44.4 Å². The number of methoxy groups -OCH3 is 1. The Morgan fingerprint density at radius 3 is 2.67 bits per heavy atom. The third kappa shape index (κ3) is 2.55. The standard InChI is InChI=1S/C10H9NO4S3/c1-15-10(12)9-7(4-6-17-9)11-18(13,14)8-3-2-5-16-8/h2-6,11H,1H3. The van der Waals surface area contributed by atoms with Crippen LogP contribution in [0.4, 0.5) is 5.69 Å². The minimum Gasteiger partial charge on any atom is -0.465 e. The van der Waals surface area contributed by atoms with Gasteiger partial charge in [-0.1, -0.05) is 6.07 Å². The van der Waals surface area contributed by atoms with Crippen LogP contribution >= 0.6 is 22.7 Å². The van der Waals surface area contributed by atoms with Crippen molar-refractivity contribution in [2.24, 2.45) is 0 Å². The molecule has 0 fully saturated rings. The molecule has 0 bridgehead atoms. The number of thiophene rings is 2. The molecule has 0 radical (unpaired) electrons. The molecular weight excluding hydrogens is 294 g/mol. The van der Waals surface area contributed by atoms with E-state index in [-0.39, 0.29) is 14.8 Å². The summed E-state index contributed by atoms with van der Waals surface area (Å²) in [5.74, 6) is -0.561. The second kappa shape index (κ2) is 5.09. The molecule has 96 valence electrons. The SMILES string of the molecule is COC(=O)c1sccc1NS(=O)(=O)c1cccs1. The van der Waals surface area contributed by atoms with Crippen molar-refractivity contribution < 1.29 is 17.9 Å². The highest BCUT2D eigenvalue weighted by Gasteiger charge is 2.20. The maximum absolute atomic E-state index is 12.0. The highest BCUT2D eigenvalue weighted by Crippen LogP contribution is 2.27. The molecule has 2 aromatic rings. The number of hydrogen-bond donors (Lipinski definition) is 1. The van der Waals surface area contributed by atoms with E-state index in [1.54, 1.807) is 16.8 Å². The summed E-state index contributed by atoms with van der Waals surface area (Å²) < 4.78 is 31.1. The summed E-state index contributed by atoms with van der Waals surface area (Å²) in [6, 6.07) is 4.67. The van der Waals surface area contributed by atoms with Crippen LogP contribution in [0, 0.1) is 0 Å². The lowest BCUT2D eigenvalue weighted by Gasteiger charge is -2.06. The zero-order valence-electron chi connectivity index (χ0n) is 9.24. The fourth-order valence-electron chi connectivity index (χ4n) is 1.25. The molecule has 0 aliphatic carbocycles. The van der Waals surface area contributed by atoms with E-state index in [9.17, 15) is 13.2 Å². The first-order chi connectivity index (χ1) is 8.54. The largest absolute Gasteiger partial charge is 0.465 e. The van der Waals surface area contributed by atoms with Crippen LogP contribution in [0.5, 0.6) is 0 Å². The summed E-state index contributed by atoms with van der Waals surface area (Å²) in [5.41, 5.74) is 0.236. The summed E-state index contributed by atoms with van der Waals surface area (Å²) in [6.45, 7) is 0. The zero-order valence-corrected chi connectivity index (χ0v) is 11.7. The minimum atomic E-state index is -3.64. The smallest absolute Gasteiger partial charge is 0.350 e. The fourth-order valence-corrected chi connectivity index (χ4v) is 4.15. The predicted molar refractivity (Wildman–Crippen MR) is 70.8 cm³/mol. The lowest BCUT2D eigenvalue weighted by molar-refractivity contribution is 0.0607. The van der Waals surface area contributed by atoms with E-state index >= 15 is 0 Å². The van der Waals surface area contributed by atoms with Crippen LogP contribution in [0.15, 0.2) is 33.2 Å². The molecule has 0 amide bonds. The van der Waals surface area contributed by atoms with Crippen molar-refractivity contribution in [3.05, 3.63) is 33.8 Å². The highest BCUT2D eigenvalue weighted by atomic mass is 32.2. The second-order valence-electron chi connectivity index (χ2n) is 3.19. The Morgan fingerprint density at radius 1 is 1.28 bits per heavy atom. The molecule has 2 rings (SSSR count). The van der Waals surface area contributed by atoms with E-state index < -0.39 is 16.0 Å². The van der Waals surface area contributed by atoms with Crippen LogP contribution < -0.4 is 4.72 Å². The number of rotatable bonds is 4. The van der Waals surface area contributed by atoms with Gasteiger partial charge in [-0.2, -0.15) is 0 Å². The van der Waals surface area contributed by atoms with Gasteiger partial charge in [0.05, 0.1) is 12.8 Å². The maximum Gasteiger partial charge on any atom is 0.350 e. The molecule has 0 atom stereocenters. The zero-order chi connectivity index (χ0) is 13.2. The van der Waals surface area contributed by atoms with Gasteiger partial charge in [-0.25, -0.2) is 13.2 Å². The summed E-state index contributed by atoms with van der Waals surface area (Å²) in [4.78, 5) is 11.7. The van der Waals surface area contributed by atoms with Crippen molar-refractivity contribution in [2.75, 3.05) is 11.8 Å². The first-order valence-corrected chi connectivity index (χ1v) is 8.01. The summed E-state index contributed by atoms with van der Waals surface area (Å²) in [5, 5.41) is 3.29. The van der Waals surface area contributed by atoms with Gasteiger partial charge in [-0.3, -0.25) is 4.72 Å². The molecule has 2 heterocycles. The topological polar surface area (TPSA) is 72.5 Å². The summed E-state index contributed by atoms with van der Waals surface area (Å²) >= 11 is 2.23. The van der Waals surface area contributed by atoms with Gasteiger partial charge in [0.25, 0.3) is 10.0 Å². The number of sulfonamides is 1. The van der Waals surface area contributed by atoms with E-state index in [2.05, 4.69) is 9.46 Å². The van der Waals surface area contributed by atoms with Gasteiger partial charge in [0.1, 0.15) is 9.09 Å². The Kier molecular flexibility index (Phi) is 3.69. The number of ether oxygens (including phenoxy) is 1. The maximum atomic E-state index is 12.0. The van der Waals surface area contributed by atoms with Crippen molar-refractivity contribution in [2.45, 2.75) is 4.21 Å². The number of nitrogens with one attached hydrogen (secondary N) is 1. The average molecular weight is 303 g/mol. The van der Waals surface area contributed by atoms with Gasteiger partial charge in [-0.15, -0.1) is 22.7 Å². The second-order valence-corrected chi connectivity index (χ2v) is 6.97. The molecular formula is C10H9NO4S3. The van der Waals surface area contributed by atoms with E-state index in [0.717, 1.165) is 22.7 Å². The van der Waals surface area contributed by atoms with E-state index in [0.29, 0.717) is 0 Å². The Labute approximate surface area is 112 Å². The Balaban J connectivity index is 2.31. The van der Waals surface area contributed by atoms with Crippen molar-refractivity contribution in [3.8, 4) is 0 Å². The number of carbonyl (C=O) groups excluding carboxylic acids is 1. The fraction of sp³-hybridized carbons (Fsp3) is 0.100. The van der Waals surface area contributed by atoms with Crippen molar-refractivity contribution in [1.29, 1.82) is 0 Å². The summed E-state index contributed by atoms with van der Waals surface area (Å²) in [6.07, 6.45) is 0. The predicted octanol–water partition coefficient (Wildman–Crippen LogP) is 2.40. The van der Waals surface area contributed by atoms with Gasteiger partial charge in [0.2, 0.25) is 0 Å². The highest BCUT2D eigenvalue weighted by molar-refractivity contribution is 7.94. The molecule has 0 saturated heterocycles. The van der Waals surface area contributed by atoms with Crippen molar-refractivity contribution in [1.82, 2.24) is 0 Å². The Bertz CT molecular complexity index is 642. The van der Waals surface area contributed by atoms with Crippen LogP contribution in [0.25, 0.3) is 0 Å². The first kappa shape index (κ1) is 13.1. The van der Waals surface area contributed by atoms with E-state index in [4.69, 9.17) is 0 Å². The number of hydrogen-bond acceptors (Lipinski definition) is 6. The molecule has 0 saturated carbocycles. The third-order valence-electron chi connectivity index (χ3n) is 2.04. The van der Waals surface area contributed by atoms with Gasteiger partial charge in [0, 0.05) is 0 Å². The molecule has 0 spiro atoms. The molecule has 2 aromatic heterocycles. The minimum absolute atomic E-state index is 0.199. The Hall–Kier alpha value is -1.38. The molecule has 0 unspecified atom stereocenters. The third-order valence-corrected chi connectivity index (χ3v) is 5.70. The van der Waals surface area contributed by atoms with Crippen LogP contribution in [0.1, 0.15) is 9.67 Å². The molecule has 0 aliphatic rings. The molecule has 18 heavy (non-hydrogen) atoms. The molecule has 0 aliphatic heterocycles. The van der Waals surface area contributed by atoms with Gasteiger partial charge in [-0.05, 0) is 22.9 Å². The van der Waals surface area contributed by atoms with Gasteiger partial charge in [0.15, 0.2) is 0 Å². The number of anilines is 1. The van der Waals surface area contributed by atoms with Gasteiger partial charge >= 0.3 is 5.97 Å². The molecule has 0 aromatic carbocycles. The van der Waals surface area contributed by atoms with E-state index in [1.165, 1.54) is 19.2 Å². The number of esters is 1. The monoisotopic (exact) mass is 303 g/mol. The normalized spacial score (nSPS) is 11.2. The molecule has 1 N–H and O–H groups in total.